The van der Waals surface area contributed by atoms with Crippen LogP contribution in [0.1, 0.15) is 43.6 Å². The molecule has 0 saturated carbocycles. The lowest BCUT2D eigenvalue weighted by Crippen LogP contribution is -2.25. The van der Waals surface area contributed by atoms with Crippen LogP contribution in [0.2, 0.25) is 0 Å². The Balaban J connectivity index is 2.48. The predicted molar refractivity (Wildman–Crippen MR) is 58.9 cm³/mol. The molecule has 1 unspecified atom stereocenters. The van der Waals surface area contributed by atoms with Gasteiger partial charge in [-0.15, -0.1) is 5.10 Å². The molecule has 6 nitrogen and oxygen atoms in total. The van der Waals surface area contributed by atoms with Crippen LogP contribution in [0, 0.1) is 0 Å². The number of aromatic nitrogens is 3. The monoisotopic (exact) mass is 226 g/mol. The third kappa shape index (κ3) is 3.62. The van der Waals surface area contributed by atoms with Crippen molar-refractivity contribution in [1.29, 1.82) is 0 Å². The summed E-state index contributed by atoms with van der Waals surface area (Å²) in [6.07, 6.45) is 1.04. The van der Waals surface area contributed by atoms with Crippen LogP contribution in [0.5, 0.6) is 0 Å². The normalized spacial score (nSPS) is 12.4. The van der Waals surface area contributed by atoms with Gasteiger partial charge in [-0.3, -0.25) is 5.10 Å². The van der Waals surface area contributed by atoms with E-state index >= 15 is 0 Å². The van der Waals surface area contributed by atoms with E-state index in [0.29, 0.717) is 25.0 Å². The molecule has 0 saturated heterocycles. The standard InChI is InChI=1S/C10H18N4O2/c1-4-7(3)11-6-8-12-9(14-13-8)10(15)16-5-2/h7,11H,4-6H2,1-3H3,(H,12,13,14). The summed E-state index contributed by atoms with van der Waals surface area (Å²) in [5.41, 5.74) is 0. The molecular weight excluding hydrogens is 208 g/mol. The van der Waals surface area contributed by atoms with Gasteiger partial charge in [0.1, 0.15) is 5.82 Å². The van der Waals surface area contributed by atoms with Gasteiger partial charge in [-0.25, -0.2) is 9.78 Å². The fourth-order valence-corrected chi connectivity index (χ4v) is 1.08. The highest BCUT2D eigenvalue weighted by Gasteiger charge is 2.13. The summed E-state index contributed by atoms with van der Waals surface area (Å²) in [6, 6.07) is 0.413. The average molecular weight is 226 g/mol. The summed E-state index contributed by atoms with van der Waals surface area (Å²) in [5, 5.41) is 9.73. The Hall–Kier alpha value is -1.43. The highest BCUT2D eigenvalue weighted by Crippen LogP contribution is 1.97. The number of carbonyl (C=O) groups excluding carboxylic acids is 1. The maximum atomic E-state index is 11.3. The van der Waals surface area contributed by atoms with Gasteiger partial charge in [0.25, 0.3) is 5.82 Å². The minimum Gasteiger partial charge on any atom is -0.460 e. The van der Waals surface area contributed by atoms with E-state index in [1.807, 2.05) is 0 Å². The number of H-pyrrole nitrogens is 1. The van der Waals surface area contributed by atoms with Gasteiger partial charge in [-0.05, 0) is 20.3 Å². The fourth-order valence-electron chi connectivity index (χ4n) is 1.08. The Bertz CT molecular complexity index is 337. The molecule has 1 atom stereocenters. The van der Waals surface area contributed by atoms with Crippen molar-refractivity contribution in [2.45, 2.75) is 39.8 Å². The van der Waals surface area contributed by atoms with Crippen molar-refractivity contribution >= 4 is 5.97 Å². The Labute approximate surface area is 94.8 Å². The van der Waals surface area contributed by atoms with Crippen LogP contribution in [0.15, 0.2) is 0 Å². The van der Waals surface area contributed by atoms with Crippen LogP contribution in [0.25, 0.3) is 0 Å². The van der Waals surface area contributed by atoms with Crippen molar-refractivity contribution in [3.05, 3.63) is 11.6 Å². The topological polar surface area (TPSA) is 79.9 Å². The van der Waals surface area contributed by atoms with E-state index in [4.69, 9.17) is 4.74 Å². The largest absolute Gasteiger partial charge is 0.460 e. The quantitative estimate of drug-likeness (QED) is 0.703. The Morgan fingerprint density at radius 3 is 2.94 bits per heavy atom. The predicted octanol–water partition coefficient (Wildman–Crippen LogP) is 0.869. The van der Waals surface area contributed by atoms with E-state index in [9.17, 15) is 4.79 Å². The van der Waals surface area contributed by atoms with E-state index in [0.717, 1.165) is 6.42 Å². The van der Waals surface area contributed by atoms with Gasteiger partial charge in [-0.2, -0.15) is 0 Å². The second-order valence-electron chi connectivity index (χ2n) is 3.52. The molecule has 0 aromatic carbocycles. The van der Waals surface area contributed by atoms with E-state index in [1.165, 1.54) is 0 Å². The molecule has 6 heteroatoms. The minimum absolute atomic E-state index is 0.0859. The zero-order chi connectivity index (χ0) is 12.0. The smallest absolute Gasteiger partial charge is 0.378 e. The van der Waals surface area contributed by atoms with Gasteiger partial charge >= 0.3 is 5.97 Å². The first-order valence-corrected chi connectivity index (χ1v) is 5.49. The van der Waals surface area contributed by atoms with Crippen molar-refractivity contribution in [2.75, 3.05) is 6.61 Å². The van der Waals surface area contributed by atoms with Crippen LogP contribution in [-0.4, -0.2) is 33.8 Å². The molecule has 0 radical (unpaired) electrons. The van der Waals surface area contributed by atoms with Crippen molar-refractivity contribution in [2.24, 2.45) is 0 Å². The van der Waals surface area contributed by atoms with E-state index in [1.54, 1.807) is 6.92 Å². The summed E-state index contributed by atoms with van der Waals surface area (Å²) in [4.78, 5) is 15.3. The summed E-state index contributed by atoms with van der Waals surface area (Å²) < 4.78 is 4.78. The number of carbonyl (C=O) groups is 1. The number of ether oxygens (including phenoxy) is 1. The number of hydrogen-bond donors (Lipinski definition) is 2. The summed E-state index contributed by atoms with van der Waals surface area (Å²) >= 11 is 0. The molecule has 0 aliphatic rings. The van der Waals surface area contributed by atoms with Gasteiger partial charge < -0.3 is 10.1 Å². The molecule has 1 heterocycles. The molecule has 1 aromatic rings. The molecule has 2 N–H and O–H groups in total. The molecular formula is C10H18N4O2. The van der Waals surface area contributed by atoms with Crippen molar-refractivity contribution in [3.63, 3.8) is 0 Å². The molecule has 0 bridgehead atoms. The number of esters is 1. The van der Waals surface area contributed by atoms with Crippen LogP contribution >= 0.6 is 0 Å². The second kappa shape index (κ2) is 6.22. The van der Waals surface area contributed by atoms with Crippen LogP contribution < -0.4 is 5.32 Å². The number of nitrogens with zero attached hydrogens (tertiary/aromatic N) is 2. The molecule has 0 fully saturated rings. The molecule has 0 aliphatic carbocycles. The van der Waals surface area contributed by atoms with Gasteiger partial charge in [0, 0.05) is 6.04 Å². The van der Waals surface area contributed by atoms with Gasteiger partial charge in [0.15, 0.2) is 0 Å². The number of hydrogen-bond acceptors (Lipinski definition) is 5. The SMILES string of the molecule is CCOC(=O)c1n[nH]c(CNC(C)CC)n1. The van der Waals surface area contributed by atoms with E-state index in [-0.39, 0.29) is 5.82 Å². The first kappa shape index (κ1) is 12.6. The van der Waals surface area contributed by atoms with Crippen LogP contribution in [-0.2, 0) is 11.3 Å². The summed E-state index contributed by atoms with van der Waals surface area (Å²) in [5.74, 6) is 0.236. The third-order valence-electron chi connectivity index (χ3n) is 2.22. The number of nitrogens with one attached hydrogen (secondary N) is 2. The molecule has 0 amide bonds. The van der Waals surface area contributed by atoms with Crippen LogP contribution in [0.3, 0.4) is 0 Å². The maximum absolute atomic E-state index is 11.3. The molecule has 0 aliphatic heterocycles. The number of aromatic amines is 1. The Morgan fingerprint density at radius 2 is 2.31 bits per heavy atom. The van der Waals surface area contributed by atoms with Crippen molar-refractivity contribution in [1.82, 2.24) is 20.5 Å². The summed E-state index contributed by atoms with van der Waals surface area (Å²) in [7, 11) is 0. The lowest BCUT2D eigenvalue weighted by Gasteiger charge is -2.08. The van der Waals surface area contributed by atoms with Crippen molar-refractivity contribution in [3.8, 4) is 0 Å². The van der Waals surface area contributed by atoms with E-state index < -0.39 is 5.97 Å². The van der Waals surface area contributed by atoms with Crippen molar-refractivity contribution < 1.29 is 9.53 Å². The molecule has 1 rings (SSSR count). The lowest BCUT2D eigenvalue weighted by atomic mass is 10.2. The zero-order valence-corrected chi connectivity index (χ0v) is 9.91. The molecule has 90 valence electrons. The highest BCUT2D eigenvalue weighted by molar-refractivity contribution is 5.84. The lowest BCUT2D eigenvalue weighted by molar-refractivity contribution is 0.0512. The van der Waals surface area contributed by atoms with E-state index in [2.05, 4.69) is 34.3 Å². The van der Waals surface area contributed by atoms with Crippen LogP contribution in [0.4, 0.5) is 0 Å². The first-order chi connectivity index (χ1) is 7.67. The molecule has 1 aromatic heterocycles. The van der Waals surface area contributed by atoms with Gasteiger partial charge in [-0.1, -0.05) is 6.92 Å². The van der Waals surface area contributed by atoms with Gasteiger partial charge in [0.2, 0.25) is 0 Å². The maximum Gasteiger partial charge on any atom is 0.378 e. The zero-order valence-electron chi connectivity index (χ0n) is 9.91. The highest BCUT2D eigenvalue weighted by atomic mass is 16.5. The molecule has 0 spiro atoms. The fraction of sp³-hybridized carbons (Fsp3) is 0.700. The summed E-state index contributed by atoms with van der Waals surface area (Å²) in [6.45, 7) is 6.83. The Kier molecular flexibility index (Phi) is 4.91. The average Bonchev–Trinajstić information content (AvgIpc) is 2.75. The third-order valence-corrected chi connectivity index (χ3v) is 2.22. The minimum atomic E-state index is -0.492. The molecule has 16 heavy (non-hydrogen) atoms. The first-order valence-electron chi connectivity index (χ1n) is 5.49. The number of rotatable bonds is 6. The second-order valence-corrected chi connectivity index (χ2v) is 3.52. The van der Waals surface area contributed by atoms with Gasteiger partial charge in [0.05, 0.1) is 13.2 Å². The Morgan fingerprint density at radius 1 is 1.56 bits per heavy atom.